The van der Waals surface area contributed by atoms with E-state index in [9.17, 15) is 0 Å². The van der Waals surface area contributed by atoms with Crippen LogP contribution in [0.25, 0.3) is 11.0 Å². The Kier molecular flexibility index (Phi) is 3.70. The Hall–Kier alpha value is -2.51. The summed E-state index contributed by atoms with van der Waals surface area (Å²) in [6.45, 7) is 1.41. The van der Waals surface area contributed by atoms with Gasteiger partial charge < -0.3 is 26.7 Å². The zero-order valence-electron chi connectivity index (χ0n) is 13.6. The maximum atomic E-state index is 7.86. The summed E-state index contributed by atoms with van der Waals surface area (Å²) in [7, 11) is 0. The number of imidazole rings is 1. The highest BCUT2D eigenvalue weighted by molar-refractivity contribution is 6.34. The van der Waals surface area contributed by atoms with Crippen molar-refractivity contribution >= 4 is 28.5 Å². The fraction of sp³-hybridized carbons (Fsp3) is 0.294. The smallest absolute Gasteiger partial charge is 0.133 e. The van der Waals surface area contributed by atoms with Gasteiger partial charge in [0.2, 0.25) is 0 Å². The molecule has 1 aromatic heterocycles. The number of likely N-dealkylation sites (tertiary alicyclic amines) is 1. The highest BCUT2D eigenvalue weighted by Crippen LogP contribution is 2.32. The van der Waals surface area contributed by atoms with Crippen LogP contribution in [0, 0.1) is 5.41 Å². The van der Waals surface area contributed by atoms with Gasteiger partial charge >= 0.3 is 0 Å². The molecule has 0 unspecified atom stereocenters. The monoisotopic (exact) mass is 357 g/mol. The van der Waals surface area contributed by atoms with Crippen LogP contribution in [-0.2, 0) is 5.54 Å². The van der Waals surface area contributed by atoms with Gasteiger partial charge in [0.1, 0.15) is 23.0 Å². The van der Waals surface area contributed by atoms with E-state index in [1.165, 1.54) is 0 Å². The average Bonchev–Trinajstić information content (AvgIpc) is 3.22. The van der Waals surface area contributed by atoms with Crippen LogP contribution in [0.1, 0.15) is 18.7 Å². The Morgan fingerprint density at radius 2 is 2.08 bits per heavy atom. The van der Waals surface area contributed by atoms with E-state index in [-0.39, 0.29) is 0 Å². The molecule has 0 aliphatic carbocycles. The fourth-order valence-corrected chi connectivity index (χ4v) is 3.59. The summed E-state index contributed by atoms with van der Waals surface area (Å²) in [6.07, 6.45) is 4.97. The van der Waals surface area contributed by atoms with Gasteiger partial charge in [0, 0.05) is 19.3 Å². The summed E-state index contributed by atoms with van der Waals surface area (Å²) in [5.41, 5.74) is 14.7. The van der Waals surface area contributed by atoms with Gasteiger partial charge in [-0.25, -0.2) is 4.98 Å². The van der Waals surface area contributed by atoms with E-state index in [2.05, 4.69) is 20.2 Å². The zero-order chi connectivity index (χ0) is 17.6. The first-order chi connectivity index (χ1) is 12.0. The van der Waals surface area contributed by atoms with Gasteiger partial charge in [0.15, 0.2) is 0 Å². The molecule has 1 aromatic carbocycles. The van der Waals surface area contributed by atoms with Crippen LogP contribution >= 0.6 is 11.6 Å². The number of amidine groups is 1. The lowest BCUT2D eigenvalue weighted by molar-refractivity contribution is 0.189. The Morgan fingerprint density at radius 1 is 1.32 bits per heavy atom. The summed E-state index contributed by atoms with van der Waals surface area (Å²) in [5, 5.41) is 11.3. The van der Waals surface area contributed by atoms with E-state index in [1.807, 2.05) is 24.3 Å². The molecular weight excluding hydrogens is 338 g/mol. The number of hydrogen-bond acceptors (Lipinski definition) is 5. The first-order valence-electron chi connectivity index (χ1n) is 8.18. The van der Waals surface area contributed by atoms with Crippen molar-refractivity contribution in [3.05, 3.63) is 52.7 Å². The molecule has 0 spiro atoms. The zero-order valence-corrected chi connectivity index (χ0v) is 14.4. The molecule has 7 N–H and O–H groups in total. The first kappa shape index (κ1) is 16.0. The van der Waals surface area contributed by atoms with Gasteiger partial charge in [-0.2, -0.15) is 0 Å². The van der Waals surface area contributed by atoms with E-state index >= 15 is 0 Å². The lowest BCUT2D eigenvalue weighted by atomic mass is 9.87. The molecule has 0 amide bonds. The maximum absolute atomic E-state index is 7.86. The summed E-state index contributed by atoms with van der Waals surface area (Å²) in [4.78, 5) is 10.0. The summed E-state index contributed by atoms with van der Waals surface area (Å²) >= 11 is 6.22. The Bertz CT molecular complexity index is 903. The second-order valence-electron chi connectivity index (χ2n) is 6.52. The van der Waals surface area contributed by atoms with Crippen LogP contribution in [0.15, 0.2) is 41.9 Å². The Morgan fingerprint density at radius 3 is 2.72 bits per heavy atom. The minimum absolute atomic E-state index is 0.328. The van der Waals surface area contributed by atoms with E-state index in [4.69, 9.17) is 28.5 Å². The summed E-state index contributed by atoms with van der Waals surface area (Å²) in [6, 6.07) is 5.67. The number of hydrogen-bond donors (Lipinski definition) is 5. The number of nitrogens with zero attached hydrogens (tertiary/aromatic N) is 2. The van der Waals surface area contributed by atoms with Gasteiger partial charge in [-0.15, -0.1) is 0 Å². The minimum Gasteiger partial charge on any atom is -0.385 e. The van der Waals surface area contributed by atoms with Gasteiger partial charge in [-0.1, -0.05) is 17.7 Å². The largest absolute Gasteiger partial charge is 0.385 e. The number of aromatic amines is 1. The number of nitrogens with one attached hydrogen (secondary N) is 3. The standard InChI is InChI=1S/C17H20ClN7/c18-11-2-1-3-12-13(11)24-16(23-12)17(21)5-8-25(9-6-17)15(20)10-4-7-22-14(10)19/h1-4,7H,5-6,8-9,20-21H2,(H2,19,22)(H,23,24)/b15-10+. The first-order valence-corrected chi connectivity index (χ1v) is 8.56. The minimum atomic E-state index is -0.541. The van der Waals surface area contributed by atoms with Crippen molar-refractivity contribution in [1.82, 2.24) is 20.2 Å². The maximum Gasteiger partial charge on any atom is 0.133 e. The van der Waals surface area contributed by atoms with Gasteiger partial charge in [0.25, 0.3) is 0 Å². The van der Waals surface area contributed by atoms with Crippen molar-refractivity contribution in [3.63, 3.8) is 0 Å². The second kappa shape index (κ2) is 5.79. The van der Waals surface area contributed by atoms with Crippen LogP contribution in [0.4, 0.5) is 0 Å². The lowest BCUT2D eigenvalue weighted by Gasteiger charge is -2.39. The third-order valence-corrected chi connectivity index (χ3v) is 5.26. The SMILES string of the molecule is N=C1NC=C/C1=C(/N)N1CCC(N)(c2nc3c(Cl)cccc3[nH]2)CC1. The molecule has 130 valence electrons. The second-order valence-corrected chi connectivity index (χ2v) is 6.92. The van der Waals surface area contributed by atoms with Crippen LogP contribution in [0.2, 0.25) is 5.02 Å². The van der Waals surface area contributed by atoms with Crippen molar-refractivity contribution < 1.29 is 0 Å². The molecule has 4 rings (SSSR count). The topological polar surface area (TPSA) is 120 Å². The molecule has 2 aliphatic rings. The highest BCUT2D eigenvalue weighted by atomic mass is 35.5. The molecule has 7 nitrogen and oxygen atoms in total. The van der Waals surface area contributed by atoms with Gasteiger partial charge in [-0.3, -0.25) is 5.41 Å². The summed E-state index contributed by atoms with van der Waals surface area (Å²) < 4.78 is 0. The molecular formula is C17H20ClN7. The highest BCUT2D eigenvalue weighted by Gasteiger charge is 2.36. The predicted octanol–water partition coefficient (Wildman–Crippen LogP) is 1.73. The van der Waals surface area contributed by atoms with Gasteiger partial charge in [-0.05, 0) is 31.1 Å². The number of H-pyrrole nitrogens is 1. The number of fused-ring (bicyclic) bond motifs is 1. The Labute approximate surface area is 150 Å². The van der Waals surface area contributed by atoms with E-state index in [0.29, 0.717) is 42.6 Å². The van der Waals surface area contributed by atoms with Gasteiger partial charge in [0.05, 0.1) is 21.7 Å². The molecule has 2 aromatic rings. The Balaban J connectivity index is 1.56. The van der Waals surface area contributed by atoms with Crippen molar-refractivity contribution in [1.29, 1.82) is 5.41 Å². The lowest BCUT2D eigenvalue weighted by Crippen LogP contribution is -2.49. The van der Waals surface area contributed by atoms with Crippen molar-refractivity contribution in [2.45, 2.75) is 18.4 Å². The van der Waals surface area contributed by atoms with E-state index in [1.54, 1.807) is 6.20 Å². The van der Waals surface area contributed by atoms with Crippen LogP contribution in [0.5, 0.6) is 0 Å². The molecule has 3 heterocycles. The number of rotatable bonds is 2. The van der Waals surface area contributed by atoms with E-state index in [0.717, 1.165) is 22.4 Å². The van der Waals surface area contributed by atoms with Crippen molar-refractivity contribution in [2.24, 2.45) is 11.5 Å². The van der Waals surface area contributed by atoms with Crippen LogP contribution < -0.4 is 16.8 Å². The predicted molar refractivity (Wildman–Crippen MR) is 99.0 cm³/mol. The normalized spacial score (nSPS) is 21.7. The van der Waals surface area contributed by atoms with E-state index < -0.39 is 5.54 Å². The van der Waals surface area contributed by atoms with Crippen LogP contribution in [0.3, 0.4) is 0 Å². The number of nitrogens with two attached hydrogens (primary N) is 2. The number of halogens is 1. The third kappa shape index (κ3) is 2.65. The molecule has 0 saturated carbocycles. The molecule has 1 fully saturated rings. The fourth-order valence-electron chi connectivity index (χ4n) is 3.37. The average molecular weight is 358 g/mol. The quantitative estimate of drug-likeness (QED) is 0.560. The molecule has 1 saturated heterocycles. The molecule has 0 bridgehead atoms. The number of para-hydroxylation sites is 1. The molecule has 2 aliphatic heterocycles. The number of aromatic nitrogens is 2. The summed E-state index contributed by atoms with van der Waals surface area (Å²) in [5.74, 6) is 1.70. The molecule has 0 radical (unpaired) electrons. The number of piperidine rings is 1. The molecule has 0 atom stereocenters. The third-order valence-electron chi connectivity index (χ3n) is 4.95. The molecule has 25 heavy (non-hydrogen) atoms. The van der Waals surface area contributed by atoms with Crippen LogP contribution in [-0.4, -0.2) is 33.8 Å². The van der Waals surface area contributed by atoms with Crippen molar-refractivity contribution in [2.75, 3.05) is 13.1 Å². The molecule has 8 heteroatoms. The van der Waals surface area contributed by atoms with Crippen molar-refractivity contribution in [3.8, 4) is 0 Å². The number of benzene rings is 1.